The maximum absolute atomic E-state index is 13.4. The molecule has 2 nitrogen and oxygen atoms in total. The van der Waals surface area contributed by atoms with Crippen LogP contribution in [0.1, 0.15) is 11.1 Å². The van der Waals surface area contributed by atoms with Crippen molar-refractivity contribution in [2.24, 2.45) is 0 Å². The lowest BCUT2D eigenvalue weighted by Gasteiger charge is -2.09. The van der Waals surface area contributed by atoms with Crippen LogP contribution < -0.4 is 4.74 Å². The van der Waals surface area contributed by atoms with Crippen molar-refractivity contribution in [3.05, 3.63) is 64.2 Å². The Kier molecular flexibility index (Phi) is 4.35. The number of benzene rings is 2. The molecule has 0 aliphatic heterocycles. The van der Waals surface area contributed by atoms with E-state index in [1.54, 1.807) is 18.2 Å². The summed E-state index contributed by atoms with van der Waals surface area (Å²) in [7, 11) is 0. The highest BCUT2D eigenvalue weighted by Gasteiger charge is 2.09. The van der Waals surface area contributed by atoms with Crippen molar-refractivity contribution < 1.29 is 18.6 Å². The minimum Gasteiger partial charge on any atom is -0.487 e. The molecule has 100 valence electrons. The van der Waals surface area contributed by atoms with Crippen LogP contribution in [0.5, 0.6) is 5.75 Å². The van der Waals surface area contributed by atoms with Crippen molar-refractivity contribution in [2.45, 2.75) is 13.2 Å². The first-order valence-corrected chi connectivity index (χ1v) is 5.94. The molecule has 0 atom stereocenters. The topological polar surface area (TPSA) is 29.5 Å². The van der Waals surface area contributed by atoms with E-state index in [9.17, 15) is 8.78 Å². The van der Waals surface area contributed by atoms with E-state index in [0.29, 0.717) is 16.3 Å². The fraction of sp³-hybridized carbons (Fsp3) is 0.143. The molecule has 0 saturated carbocycles. The minimum absolute atomic E-state index is 0.113. The molecular formula is C14H11ClF2O2. The summed E-state index contributed by atoms with van der Waals surface area (Å²) in [4.78, 5) is 0. The highest BCUT2D eigenvalue weighted by Crippen LogP contribution is 2.26. The number of hydrogen-bond acceptors (Lipinski definition) is 2. The van der Waals surface area contributed by atoms with Crippen molar-refractivity contribution in [1.82, 2.24) is 0 Å². The van der Waals surface area contributed by atoms with Gasteiger partial charge in [0.15, 0.2) is 11.6 Å². The van der Waals surface area contributed by atoms with Crippen LogP contribution in [-0.4, -0.2) is 5.11 Å². The lowest BCUT2D eigenvalue weighted by atomic mass is 10.2. The van der Waals surface area contributed by atoms with Gasteiger partial charge in [-0.25, -0.2) is 8.78 Å². The fourth-order valence-corrected chi connectivity index (χ4v) is 1.83. The van der Waals surface area contributed by atoms with Gasteiger partial charge in [0.25, 0.3) is 0 Å². The van der Waals surface area contributed by atoms with Gasteiger partial charge in [0, 0.05) is 5.56 Å². The van der Waals surface area contributed by atoms with Crippen LogP contribution >= 0.6 is 11.6 Å². The number of aliphatic hydroxyl groups excluding tert-OH is 1. The number of halogens is 3. The zero-order chi connectivity index (χ0) is 13.8. The van der Waals surface area contributed by atoms with Crippen LogP contribution in [0.2, 0.25) is 5.02 Å². The number of rotatable bonds is 4. The van der Waals surface area contributed by atoms with Gasteiger partial charge in [0.05, 0.1) is 11.6 Å². The summed E-state index contributed by atoms with van der Waals surface area (Å²) in [5.74, 6) is -1.49. The van der Waals surface area contributed by atoms with Crippen molar-refractivity contribution >= 4 is 11.6 Å². The molecule has 1 N–H and O–H groups in total. The van der Waals surface area contributed by atoms with E-state index in [0.717, 1.165) is 6.07 Å². The molecule has 0 radical (unpaired) electrons. The molecule has 0 bridgehead atoms. The molecule has 0 spiro atoms. The average Bonchev–Trinajstić information content (AvgIpc) is 2.41. The van der Waals surface area contributed by atoms with Crippen LogP contribution in [0, 0.1) is 11.6 Å². The van der Waals surface area contributed by atoms with E-state index < -0.39 is 11.6 Å². The maximum atomic E-state index is 13.4. The van der Waals surface area contributed by atoms with Gasteiger partial charge in [-0.05, 0) is 23.8 Å². The third-order valence-electron chi connectivity index (χ3n) is 2.59. The zero-order valence-electron chi connectivity index (χ0n) is 9.87. The van der Waals surface area contributed by atoms with Crippen LogP contribution in [0.25, 0.3) is 0 Å². The fourth-order valence-electron chi connectivity index (χ4n) is 1.58. The smallest absolute Gasteiger partial charge is 0.165 e. The molecule has 5 heteroatoms. The van der Waals surface area contributed by atoms with Crippen LogP contribution in [-0.2, 0) is 13.2 Å². The monoisotopic (exact) mass is 284 g/mol. The largest absolute Gasteiger partial charge is 0.487 e. The molecule has 19 heavy (non-hydrogen) atoms. The normalized spacial score (nSPS) is 10.5. The van der Waals surface area contributed by atoms with Gasteiger partial charge in [-0.15, -0.1) is 0 Å². The van der Waals surface area contributed by atoms with Crippen molar-refractivity contribution in [2.75, 3.05) is 0 Å². The average molecular weight is 285 g/mol. The molecular weight excluding hydrogens is 274 g/mol. The second-order valence-electron chi connectivity index (χ2n) is 3.92. The van der Waals surface area contributed by atoms with Gasteiger partial charge in [0.1, 0.15) is 12.4 Å². The van der Waals surface area contributed by atoms with E-state index in [2.05, 4.69) is 0 Å². The summed E-state index contributed by atoms with van der Waals surface area (Å²) >= 11 is 5.94. The summed E-state index contributed by atoms with van der Waals surface area (Å²) in [6.07, 6.45) is 0. The summed E-state index contributed by atoms with van der Waals surface area (Å²) in [5, 5.41) is 9.25. The molecule has 0 fully saturated rings. The van der Waals surface area contributed by atoms with E-state index in [1.807, 2.05) is 0 Å². The third-order valence-corrected chi connectivity index (χ3v) is 2.89. The van der Waals surface area contributed by atoms with Crippen LogP contribution in [0.3, 0.4) is 0 Å². The summed E-state index contributed by atoms with van der Waals surface area (Å²) < 4.78 is 31.7. The lowest BCUT2D eigenvalue weighted by Crippen LogP contribution is -2.01. The van der Waals surface area contributed by atoms with Gasteiger partial charge in [0.2, 0.25) is 0 Å². The Bertz CT molecular complexity index is 588. The Morgan fingerprint density at radius 2 is 1.95 bits per heavy atom. The standard InChI is InChI=1S/C14H11ClF2O2/c15-11-6-9(7-18)4-5-13(11)19-8-10-2-1-3-12(16)14(10)17/h1-6,18H,7-8H2. The molecule has 0 amide bonds. The number of aliphatic hydroxyl groups is 1. The Morgan fingerprint density at radius 3 is 2.63 bits per heavy atom. The Labute approximate surface area is 114 Å². The van der Waals surface area contributed by atoms with Gasteiger partial charge < -0.3 is 9.84 Å². The predicted octanol–water partition coefficient (Wildman–Crippen LogP) is 3.69. The summed E-state index contributed by atoms with van der Waals surface area (Å²) in [5.41, 5.74) is 0.761. The van der Waals surface area contributed by atoms with Gasteiger partial charge >= 0.3 is 0 Å². The molecule has 2 aromatic carbocycles. The molecule has 2 rings (SSSR count). The summed E-state index contributed by atoms with van der Waals surface area (Å²) in [6, 6.07) is 8.66. The van der Waals surface area contributed by atoms with E-state index in [4.69, 9.17) is 21.4 Å². The predicted molar refractivity (Wildman–Crippen MR) is 68.1 cm³/mol. The van der Waals surface area contributed by atoms with Crippen LogP contribution in [0.4, 0.5) is 8.78 Å². The number of hydrogen-bond donors (Lipinski definition) is 1. The second kappa shape index (κ2) is 5.99. The summed E-state index contributed by atoms with van der Waals surface area (Å²) in [6.45, 7) is -0.250. The minimum atomic E-state index is -0.925. The van der Waals surface area contributed by atoms with Crippen molar-refractivity contribution in [1.29, 1.82) is 0 Å². The zero-order valence-corrected chi connectivity index (χ0v) is 10.6. The van der Waals surface area contributed by atoms with Gasteiger partial charge in [-0.2, -0.15) is 0 Å². The first kappa shape index (κ1) is 13.8. The lowest BCUT2D eigenvalue weighted by molar-refractivity contribution is 0.280. The van der Waals surface area contributed by atoms with E-state index in [-0.39, 0.29) is 18.8 Å². The molecule has 0 aliphatic rings. The maximum Gasteiger partial charge on any atom is 0.165 e. The first-order chi connectivity index (χ1) is 9.11. The molecule has 0 aliphatic carbocycles. The quantitative estimate of drug-likeness (QED) is 0.928. The van der Waals surface area contributed by atoms with E-state index in [1.165, 1.54) is 12.1 Å². The molecule has 0 saturated heterocycles. The van der Waals surface area contributed by atoms with Gasteiger partial charge in [-0.3, -0.25) is 0 Å². The second-order valence-corrected chi connectivity index (χ2v) is 4.33. The SMILES string of the molecule is OCc1ccc(OCc2cccc(F)c2F)c(Cl)c1. The third kappa shape index (κ3) is 3.22. The van der Waals surface area contributed by atoms with Crippen molar-refractivity contribution in [3.63, 3.8) is 0 Å². The molecule has 2 aromatic rings. The Balaban J connectivity index is 2.12. The molecule has 0 unspecified atom stereocenters. The van der Waals surface area contributed by atoms with Gasteiger partial charge in [-0.1, -0.05) is 29.8 Å². The first-order valence-electron chi connectivity index (χ1n) is 5.57. The Morgan fingerprint density at radius 1 is 1.16 bits per heavy atom. The molecule has 0 heterocycles. The van der Waals surface area contributed by atoms with E-state index >= 15 is 0 Å². The highest BCUT2D eigenvalue weighted by atomic mass is 35.5. The Hall–Kier alpha value is -1.65. The highest BCUT2D eigenvalue weighted by molar-refractivity contribution is 6.32. The number of ether oxygens (including phenoxy) is 1. The van der Waals surface area contributed by atoms with Crippen LogP contribution in [0.15, 0.2) is 36.4 Å². The molecule has 0 aromatic heterocycles. The van der Waals surface area contributed by atoms with Crippen molar-refractivity contribution in [3.8, 4) is 5.75 Å².